The molecule has 84 valence electrons. The summed E-state index contributed by atoms with van der Waals surface area (Å²) in [6.07, 6.45) is 0. The van der Waals surface area contributed by atoms with E-state index in [-0.39, 0.29) is 5.82 Å². The summed E-state index contributed by atoms with van der Waals surface area (Å²) in [5.41, 5.74) is 2.21. The third-order valence-electron chi connectivity index (χ3n) is 2.44. The molecule has 0 saturated carbocycles. The van der Waals surface area contributed by atoms with Crippen molar-refractivity contribution in [2.75, 3.05) is 12.4 Å². The van der Waals surface area contributed by atoms with Gasteiger partial charge in [-0.2, -0.15) is 4.98 Å². The fraction of sp³-hybridized carbons (Fsp3) is 0.250. The van der Waals surface area contributed by atoms with E-state index in [2.05, 4.69) is 10.3 Å². The number of halogens is 1. The van der Waals surface area contributed by atoms with Crippen LogP contribution < -0.4 is 5.32 Å². The van der Waals surface area contributed by atoms with Crippen molar-refractivity contribution in [3.8, 4) is 11.3 Å². The number of aryl methyl sites for hydroxylation is 2. The zero-order valence-corrected chi connectivity index (χ0v) is 9.47. The molecule has 0 fully saturated rings. The quantitative estimate of drug-likeness (QED) is 0.844. The number of rotatable bonds is 2. The smallest absolute Gasteiger partial charge is 0.295 e. The molecular weight excluding hydrogens is 207 g/mol. The molecule has 0 spiro atoms. The summed E-state index contributed by atoms with van der Waals surface area (Å²) >= 11 is 0. The lowest BCUT2D eigenvalue weighted by atomic mass is 10.1. The van der Waals surface area contributed by atoms with Gasteiger partial charge in [-0.15, -0.1) is 0 Å². The van der Waals surface area contributed by atoms with Crippen molar-refractivity contribution in [3.05, 3.63) is 35.3 Å². The fourth-order valence-corrected chi connectivity index (χ4v) is 1.56. The van der Waals surface area contributed by atoms with Gasteiger partial charge >= 0.3 is 0 Å². The second-order valence-electron chi connectivity index (χ2n) is 3.64. The molecule has 0 aliphatic rings. The molecular formula is C12H13FN2O. The van der Waals surface area contributed by atoms with Gasteiger partial charge in [-0.25, -0.2) is 4.39 Å². The van der Waals surface area contributed by atoms with E-state index in [4.69, 9.17) is 4.42 Å². The number of nitrogens with zero attached hydrogens (tertiary/aromatic N) is 1. The number of aromatic nitrogens is 1. The van der Waals surface area contributed by atoms with E-state index in [0.29, 0.717) is 11.6 Å². The molecule has 0 atom stereocenters. The zero-order valence-electron chi connectivity index (χ0n) is 9.47. The minimum absolute atomic E-state index is 0.210. The van der Waals surface area contributed by atoms with Crippen molar-refractivity contribution in [2.45, 2.75) is 13.8 Å². The Morgan fingerprint density at radius 1 is 1.31 bits per heavy atom. The standard InChI is InChI=1S/C12H13FN2O/c1-7-6-9(4-5-10(7)13)11-8(2)16-12(14-3)15-11/h4-6H,1-3H3,(H,14,15). The lowest BCUT2D eigenvalue weighted by Gasteiger charge is -2.00. The van der Waals surface area contributed by atoms with Crippen LogP contribution in [0.5, 0.6) is 0 Å². The molecule has 3 nitrogen and oxygen atoms in total. The van der Waals surface area contributed by atoms with Gasteiger partial charge in [0.1, 0.15) is 17.3 Å². The number of anilines is 1. The Hall–Kier alpha value is -1.84. The van der Waals surface area contributed by atoms with Gasteiger partial charge < -0.3 is 9.73 Å². The lowest BCUT2D eigenvalue weighted by molar-refractivity contribution is 0.544. The first kappa shape index (κ1) is 10.7. The second-order valence-corrected chi connectivity index (χ2v) is 3.64. The van der Waals surface area contributed by atoms with E-state index in [1.807, 2.05) is 6.92 Å². The fourth-order valence-electron chi connectivity index (χ4n) is 1.56. The van der Waals surface area contributed by atoms with E-state index in [9.17, 15) is 4.39 Å². The van der Waals surface area contributed by atoms with E-state index < -0.39 is 0 Å². The van der Waals surface area contributed by atoms with Crippen molar-refractivity contribution in [2.24, 2.45) is 0 Å². The summed E-state index contributed by atoms with van der Waals surface area (Å²) < 4.78 is 18.5. The van der Waals surface area contributed by atoms with Crippen LogP contribution in [0.2, 0.25) is 0 Å². The van der Waals surface area contributed by atoms with Crippen LogP contribution in [0, 0.1) is 19.7 Å². The molecule has 1 heterocycles. The van der Waals surface area contributed by atoms with Crippen LogP contribution >= 0.6 is 0 Å². The topological polar surface area (TPSA) is 38.1 Å². The molecule has 0 aliphatic heterocycles. The van der Waals surface area contributed by atoms with Crippen molar-refractivity contribution < 1.29 is 8.81 Å². The first-order valence-corrected chi connectivity index (χ1v) is 5.03. The Labute approximate surface area is 93.3 Å². The van der Waals surface area contributed by atoms with Gasteiger partial charge in [0.05, 0.1) is 0 Å². The highest BCUT2D eigenvalue weighted by atomic mass is 19.1. The number of hydrogen-bond acceptors (Lipinski definition) is 3. The molecule has 4 heteroatoms. The van der Waals surface area contributed by atoms with Crippen molar-refractivity contribution in [3.63, 3.8) is 0 Å². The average Bonchev–Trinajstić information content (AvgIpc) is 2.64. The predicted octanol–water partition coefficient (Wildman–Crippen LogP) is 3.14. The molecule has 0 amide bonds. The Balaban J connectivity index is 2.49. The van der Waals surface area contributed by atoms with Crippen LogP contribution in [0.1, 0.15) is 11.3 Å². The van der Waals surface area contributed by atoms with Gasteiger partial charge in [0, 0.05) is 12.6 Å². The summed E-state index contributed by atoms with van der Waals surface area (Å²) in [5, 5.41) is 2.83. The third kappa shape index (κ3) is 1.78. The minimum atomic E-state index is -0.210. The van der Waals surface area contributed by atoms with Gasteiger partial charge in [-0.1, -0.05) is 0 Å². The molecule has 0 saturated heterocycles. The van der Waals surface area contributed by atoms with Gasteiger partial charge in [0.15, 0.2) is 0 Å². The van der Waals surface area contributed by atoms with Crippen LogP contribution in [0.25, 0.3) is 11.3 Å². The molecule has 2 rings (SSSR count). The highest BCUT2D eigenvalue weighted by Crippen LogP contribution is 2.26. The summed E-state index contributed by atoms with van der Waals surface area (Å²) in [6.45, 7) is 3.56. The first-order chi connectivity index (χ1) is 7.61. The van der Waals surface area contributed by atoms with Crippen molar-refractivity contribution in [1.29, 1.82) is 0 Å². The molecule has 0 radical (unpaired) electrons. The molecule has 0 unspecified atom stereocenters. The number of oxazole rings is 1. The second kappa shape index (κ2) is 3.96. The Kier molecular flexibility index (Phi) is 2.64. The SMILES string of the molecule is CNc1nc(-c2ccc(F)c(C)c2)c(C)o1. The average molecular weight is 220 g/mol. The highest BCUT2D eigenvalue weighted by molar-refractivity contribution is 5.63. The maximum atomic E-state index is 13.1. The summed E-state index contributed by atoms with van der Waals surface area (Å²) in [6, 6.07) is 5.37. The van der Waals surface area contributed by atoms with Gasteiger partial charge in [-0.05, 0) is 37.6 Å². The Morgan fingerprint density at radius 2 is 2.06 bits per heavy atom. The van der Waals surface area contributed by atoms with Crippen LogP contribution in [-0.2, 0) is 0 Å². The maximum Gasteiger partial charge on any atom is 0.295 e. The van der Waals surface area contributed by atoms with Crippen LogP contribution in [0.3, 0.4) is 0 Å². The largest absolute Gasteiger partial charge is 0.428 e. The van der Waals surface area contributed by atoms with Gasteiger partial charge in [0.2, 0.25) is 0 Å². The molecule has 0 aliphatic carbocycles. The normalized spacial score (nSPS) is 10.5. The van der Waals surface area contributed by atoms with E-state index in [1.54, 1.807) is 26.1 Å². The zero-order chi connectivity index (χ0) is 11.7. The van der Waals surface area contributed by atoms with Crippen molar-refractivity contribution in [1.82, 2.24) is 4.98 Å². The molecule has 16 heavy (non-hydrogen) atoms. The summed E-state index contributed by atoms with van der Waals surface area (Å²) in [5.74, 6) is 0.508. The summed E-state index contributed by atoms with van der Waals surface area (Å²) in [7, 11) is 1.74. The summed E-state index contributed by atoms with van der Waals surface area (Å²) in [4.78, 5) is 4.27. The van der Waals surface area contributed by atoms with Crippen LogP contribution in [-0.4, -0.2) is 12.0 Å². The van der Waals surface area contributed by atoms with Gasteiger partial charge in [-0.3, -0.25) is 0 Å². The van der Waals surface area contributed by atoms with Crippen molar-refractivity contribution >= 4 is 6.01 Å². The van der Waals surface area contributed by atoms with Crippen LogP contribution in [0.4, 0.5) is 10.4 Å². The van der Waals surface area contributed by atoms with Gasteiger partial charge in [0.25, 0.3) is 6.01 Å². The molecule has 2 aromatic rings. The number of hydrogen-bond donors (Lipinski definition) is 1. The first-order valence-electron chi connectivity index (χ1n) is 5.03. The monoisotopic (exact) mass is 220 g/mol. The molecule has 1 aromatic carbocycles. The molecule has 0 bridgehead atoms. The molecule has 1 aromatic heterocycles. The minimum Gasteiger partial charge on any atom is -0.428 e. The van der Waals surface area contributed by atoms with E-state index in [1.165, 1.54) is 6.07 Å². The third-order valence-corrected chi connectivity index (χ3v) is 2.44. The van der Waals surface area contributed by atoms with E-state index in [0.717, 1.165) is 17.0 Å². The highest BCUT2D eigenvalue weighted by Gasteiger charge is 2.11. The number of nitrogens with one attached hydrogen (secondary N) is 1. The molecule has 1 N–H and O–H groups in total. The Bertz CT molecular complexity index is 520. The lowest BCUT2D eigenvalue weighted by Crippen LogP contribution is -1.88. The maximum absolute atomic E-state index is 13.1. The number of benzene rings is 1. The Morgan fingerprint density at radius 3 is 2.62 bits per heavy atom. The van der Waals surface area contributed by atoms with Crippen LogP contribution in [0.15, 0.2) is 22.6 Å². The predicted molar refractivity (Wildman–Crippen MR) is 60.9 cm³/mol. The van der Waals surface area contributed by atoms with E-state index >= 15 is 0 Å².